The number of hydrogen-bond donors (Lipinski definition) is 0. The molecular formula is C26H14Cl6O10S3. The van der Waals surface area contributed by atoms with Crippen molar-refractivity contribution in [3.8, 4) is 11.5 Å². The van der Waals surface area contributed by atoms with E-state index in [1.165, 1.54) is 36.4 Å². The number of Topliss-reactive ketones (excluding diaryl/α,β-unsaturated/α-hetero) is 1. The third-order valence-corrected chi connectivity index (χ3v) is 11.4. The number of rotatable bonds is 11. The summed E-state index contributed by atoms with van der Waals surface area (Å²) in [4.78, 5) is 11.5. The number of benzene rings is 4. The van der Waals surface area contributed by atoms with Gasteiger partial charge in [-0.15, -0.1) is 0 Å². The molecule has 0 bridgehead atoms. The first-order chi connectivity index (χ1) is 20.9. The second-order valence-electron chi connectivity index (χ2n) is 8.60. The molecule has 0 aliphatic heterocycles. The van der Waals surface area contributed by atoms with Gasteiger partial charge in [-0.3, -0.25) is 8.98 Å². The van der Waals surface area contributed by atoms with E-state index in [1.54, 1.807) is 0 Å². The van der Waals surface area contributed by atoms with E-state index >= 15 is 0 Å². The summed E-state index contributed by atoms with van der Waals surface area (Å²) < 4.78 is 92.9. The smallest absolute Gasteiger partial charge is 0.340 e. The van der Waals surface area contributed by atoms with Gasteiger partial charge in [0.1, 0.15) is 27.0 Å². The van der Waals surface area contributed by atoms with Crippen LogP contribution in [0.25, 0.3) is 0 Å². The molecule has 0 heterocycles. The highest BCUT2D eigenvalue weighted by molar-refractivity contribution is 7.87. The summed E-state index contributed by atoms with van der Waals surface area (Å²) in [6.07, 6.45) is 0. The summed E-state index contributed by atoms with van der Waals surface area (Å²) in [6.45, 7) is -1.17. The standard InChI is InChI=1S/C26H14Cl6O10S3/c27-14-1-6-19(30)24(9-14)43(34,35)40-13-22(33)18-5-4-17(41-44(36,37)25-10-15(28)2-7-20(25)31)12-23(18)42-45(38,39)26-11-16(29)3-8-21(26)32/h1-12H,13H2. The van der Waals surface area contributed by atoms with E-state index in [0.717, 1.165) is 36.4 Å². The van der Waals surface area contributed by atoms with Crippen LogP contribution in [0.5, 0.6) is 11.5 Å². The number of carbonyl (C=O) groups excluding carboxylic acids is 1. The lowest BCUT2D eigenvalue weighted by Gasteiger charge is -2.15. The fourth-order valence-corrected chi connectivity index (χ4v) is 8.42. The van der Waals surface area contributed by atoms with Crippen molar-refractivity contribution in [3.05, 3.63) is 108 Å². The molecule has 0 atom stereocenters. The Bertz CT molecular complexity index is 2160. The van der Waals surface area contributed by atoms with Gasteiger partial charge in [0.25, 0.3) is 10.1 Å². The minimum atomic E-state index is -4.85. The molecule has 0 aromatic heterocycles. The molecule has 0 fully saturated rings. The lowest BCUT2D eigenvalue weighted by molar-refractivity contribution is 0.0923. The number of halogens is 6. The molecule has 0 amide bonds. The zero-order valence-corrected chi connectivity index (χ0v) is 28.7. The summed E-state index contributed by atoms with van der Waals surface area (Å²) >= 11 is 35.6. The highest BCUT2D eigenvalue weighted by atomic mass is 35.5. The third kappa shape index (κ3) is 8.55. The van der Waals surface area contributed by atoms with Crippen molar-refractivity contribution >= 4 is 106 Å². The number of ketones is 1. The molecule has 4 aromatic carbocycles. The first kappa shape index (κ1) is 35.6. The first-order valence-electron chi connectivity index (χ1n) is 11.7. The quantitative estimate of drug-likeness (QED) is 0.109. The predicted octanol–water partition coefficient (Wildman–Crippen LogP) is 7.73. The molecule has 4 rings (SSSR count). The van der Waals surface area contributed by atoms with Crippen LogP contribution in [0.4, 0.5) is 0 Å². The average Bonchev–Trinajstić information content (AvgIpc) is 2.95. The van der Waals surface area contributed by atoms with E-state index < -0.39 is 74.5 Å². The van der Waals surface area contributed by atoms with Crippen molar-refractivity contribution in [2.45, 2.75) is 14.7 Å². The van der Waals surface area contributed by atoms with Crippen molar-refractivity contribution in [1.82, 2.24) is 0 Å². The fraction of sp³-hybridized carbons (Fsp3) is 0.0385. The Hall–Kier alpha value is -2.30. The fourth-order valence-electron chi connectivity index (χ4n) is 3.47. The zero-order valence-electron chi connectivity index (χ0n) is 21.7. The maximum absolute atomic E-state index is 13.2. The average molecular weight is 795 g/mol. The van der Waals surface area contributed by atoms with Crippen LogP contribution in [0.15, 0.2) is 87.5 Å². The molecule has 0 saturated heterocycles. The Kier molecular flexibility index (Phi) is 10.9. The molecule has 0 aliphatic carbocycles. The topological polar surface area (TPSA) is 147 Å². The van der Waals surface area contributed by atoms with E-state index in [4.69, 9.17) is 82.2 Å². The Morgan fingerprint density at radius 1 is 0.533 bits per heavy atom. The zero-order chi connectivity index (χ0) is 33.3. The maximum Gasteiger partial charge on any atom is 0.340 e. The van der Waals surface area contributed by atoms with Crippen LogP contribution < -0.4 is 8.37 Å². The molecule has 0 unspecified atom stereocenters. The Morgan fingerprint density at radius 2 is 0.956 bits per heavy atom. The lowest BCUT2D eigenvalue weighted by Crippen LogP contribution is -2.18. The van der Waals surface area contributed by atoms with Gasteiger partial charge < -0.3 is 8.37 Å². The maximum atomic E-state index is 13.2. The van der Waals surface area contributed by atoms with Gasteiger partial charge in [-0.1, -0.05) is 69.6 Å². The van der Waals surface area contributed by atoms with Crippen LogP contribution in [-0.2, 0) is 34.5 Å². The molecule has 19 heteroatoms. The molecular weight excluding hydrogens is 781 g/mol. The molecule has 0 radical (unpaired) electrons. The first-order valence-corrected chi connectivity index (χ1v) is 18.2. The van der Waals surface area contributed by atoms with Gasteiger partial charge in [0.15, 0.2) is 11.5 Å². The predicted molar refractivity (Wildman–Crippen MR) is 169 cm³/mol. The van der Waals surface area contributed by atoms with Gasteiger partial charge in [-0.2, -0.15) is 25.3 Å². The van der Waals surface area contributed by atoms with Gasteiger partial charge in [-0.25, -0.2) is 0 Å². The summed E-state index contributed by atoms with van der Waals surface area (Å²) in [5.41, 5.74) is -0.561. The van der Waals surface area contributed by atoms with E-state index in [9.17, 15) is 30.0 Å². The largest absolute Gasteiger partial charge is 0.379 e. The van der Waals surface area contributed by atoms with Crippen molar-refractivity contribution in [2.75, 3.05) is 6.61 Å². The minimum Gasteiger partial charge on any atom is -0.379 e. The van der Waals surface area contributed by atoms with Crippen LogP contribution in [-0.4, -0.2) is 37.6 Å². The third-order valence-electron chi connectivity index (χ3n) is 5.49. The summed E-state index contributed by atoms with van der Waals surface area (Å²) in [5, 5.41) is -0.784. The van der Waals surface area contributed by atoms with Crippen LogP contribution in [0.1, 0.15) is 10.4 Å². The van der Waals surface area contributed by atoms with Crippen molar-refractivity contribution in [1.29, 1.82) is 0 Å². The number of carbonyl (C=O) groups is 1. The second-order valence-corrected chi connectivity index (χ2v) is 15.7. The van der Waals surface area contributed by atoms with Crippen molar-refractivity contribution in [3.63, 3.8) is 0 Å². The highest BCUT2D eigenvalue weighted by Crippen LogP contribution is 2.34. The minimum absolute atomic E-state index is 0.0121. The molecule has 0 spiro atoms. The summed E-state index contributed by atoms with van der Waals surface area (Å²) in [6, 6.07) is 13.2. The summed E-state index contributed by atoms with van der Waals surface area (Å²) in [7, 11) is -14.2. The van der Waals surface area contributed by atoms with Gasteiger partial charge >= 0.3 is 20.2 Å². The van der Waals surface area contributed by atoms with E-state index in [0.29, 0.717) is 0 Å². The normalized spacial score (nSPS) is 12.1. The van der Waals surface area contributed by atoms with Crippen LogP contribution in [0.3, 0.4) is 0 Å². The molecule has 0 aliphatic rings. The highest BCUT2D eigenvalue weighted by Gasteiger charge is 2.28. The molecule has 45 heavy (non-hydrogen) atoms. The van der Waals surface area contributed by atoms with Gasteiger partial charge in [-0.05, 0) is 66.7 Å². The van der Waals surface area contributed by atoms with E-state index in [-0.39, 0.29) is 30.1 Å². The van der Waals surface area contributed by atoms with E-state index in [2.05, 4.69) is 0 Å². The monoisotopic (exact) mass is 792 g/mol. The van der Waals surface area contributed by atoms with Crippen LogP contribution in [0.2, 0.25) is 30.1 Å². The second kappa shape index (κ2) is 13.8. The van der Waals surface area contributed by atoms with Crippen molar-refractivity contribution in [2.24, 2.45) is 0 Å². The van der Waals surface area contributed by atoms with Gasteiger partial charge in [0.2, 0.25) is 0 Å². The van der Waals surface area contributed by atoms with Crippen molar-refractivity contribution < 1.29 is 42.6 Å². The lowest BCUT2D eigenvalue weighted by atomic mass is 10.1. The van der Waals surface area contributed by atoms with Gasteiger partial charge in [0, 0.05) is 21.1 Å². The van der Waals surface area contributed by atoms with Crippen LogP contribution >= 0.6 is 69.6 Å². The molecule has 0 N–H and O–H groups in total. The van der Waals surface area contributed by atoms with Gasteiger partial charge in [0.05, 0.1) is 20.6 Å². The molecule has 10 nitrogen and oxygen atoms in total. The summed E-state index contributed by atoms with van der Waals surface area (Å²) in [5.74, 6) is -2.45. The molecule has 4 aromatic rings. The van der Waals surface area contributed by atoms with E-state index in [1.807, 2.05) is 0 Å². The molecule has 0 saturated carbocycles. The molecule has 238 valence electrons. The Balaban J connectivity index is 1.73. The SMILES string of the molecule is O=C(COS(=O)(=O)c1cc(Cl)ccc1Cl)c1ccc(OS(=O)(=O)c2cc(Cl)ccc2Cl)cc1OS(=O)(=O)c1cc(Cl)ccc1Cl. The number of hydrogen-bond acceptors (Lipinski definition) is 10. The van der Waals surface area contributed by atoms with Crippen LogP contribution in [0, 0.1) is 0 Å². The Labute approximate surface area is 287 Å². The Morgan fingerprint density at radius 3 is 1.42 bits per heavy atom.